The number of carbonyl (C=O) groups is 1. The van der Waals surface area contributed by atoms with Crippen LogP contribution in [-0.2, 0) is 17.9 Å². The molecule has 182 valence electrons. The van der Waals surface area contributed by atoms with Crippen LogP contribution < -0.4 is 21.1 Å². The van der Waals surface area contributed by atoms with Crippen LogP contribution in [0.4, 0.5) is 5.69 Å². The van der Waals surface area contributed by atoms with Gasteiger partial charge in [-0.25, -0.2) is 4.68 Å². The number of amides is 1. The second kappa shape index (κ2) is 9.01. The summed E-state index contributed by atoms with van der Waals surface area (Å²) in [5, 5.41) is 24.4. The zero-order valence-electron chi connectivity index (χ0n) is 19.0. The highest BCUT2D eigenvalue weighted by Crippen LogP contribution is 2.35. The summed E-state index contributed by atoms with van der Waals surface area (Å²) in [7, 11) is 1.58. The molecule has 1 saturated heterocycles. The Morgan fingerprint density at radius 2 is 1.89 bits per heavy atom. The van der Waals surface area contributed by atoms with Crippen molar-refractivity contribution in [3.63, 3.8) is 0 Å². The average molecular weight is 478 g/mol. The van der Waals surface area contributed by atoms with Gasteiger partial charge in [0.15, 0.2) is 0 Å². The third kappa shape index (κ3) is 4.31. The molecule has 3 aromatic rings. The summed E-state index contributed by atoms with van der Waals surface area (Å²) in [6.45, 7) is 0.977. The van der Waals surface area contributed by atoms with Crippen molar-refractivity contribution in [2.75, 3.05) is 25.4 Å². The monoisotopic (exact) mass is 478 g/mol. The number of pyridine rings is 1. The molecule has 0 spiro atoms. The topological polar surface area (TPSA) is 133 Å². The van der Waals surface area contributed by atoms with Gasteiger partial charge in [-0.05, 0) is 54.8 Å². The van der Waals surface area contributed by atoms with E-state index in [0.29, 0.717) is 31.1 Å². The number of nitrogens with zero attached hydrogens (tertiary/aromatic N) is 5. The summed E-state index contributed by atoms with van der Waals surface area (Å²) in [5.41, 5.74) is 0.843. The number of piperidine rings is 1. The van der Waals surface area contributed by atoms with Gasteiger partial charge in [-0.2, -0.15) is 5.10 Å². The lowest BCUT2D eigenvalue weighted by atomic mass is 9.83. The fourth-order valence-electron chi connectivity index (χ4n) is 4.99. The summed E-state index contributed by atoms with van der Waals surface area (Å²) in [6.07, 6.45) is 0.813. The van der Waals surface area contributed by atoms with Crippen molar-refractivity contribution in [3.8, 4) is 17.0 Å². The number of carbonyl (C=O) groups excluding carboxylic acids is 1. The molecule has 2 aliphatic rings. The van der Waals surface area contributed by atoms with E-state index in [2.05, 4.69) is 5.10 Å². The van der Waals surface area contributed by atoms with Crippen LogP contribution in [0, 0.1) is 11.1 Å². The molecule has 0 saturated carbocycles. The molecule has 1 aromatic carbocycles. The largest absolute Gasteiger partial charge is 0.733 e. The Morgan fingerprint density at radius 1 is 1.11 bits per heavy atom. The normalized spacial score (nSPS) is 18.7. The van der Waals surface area contributed by atoms with Crippen LogP contribution in [0.3, 0.4) is 0 Å². The van der Waals surface area contributed by atoms with Gasteiger partial charge >= 0.3 is 0 Å². The highest BCUT2D eigenvalue weighted by molar-refractivity contribution is 5.76. The summed E-state index contributed by atoms with van der Waals surface area (Å²) in [4.78, 5) is 39.9. The van der Waals surface area contributed by atoms with Crippen molar-refractivity contribution in [3.05, 3.63) is 80.1 Å². The minimum absolute atomic E-state index is 0.0206. The molecular weight excluding hydrogens is 454 g/mol. The van der Waals surface area contributed by atoms with Crippen molar-refractivity contribution < 1.29 is 14.7 Å². The van der Waals surface area contributed by atoms with Gasteiger partial charge < -0.3 is 24.6 Å². The van der Waals surface area contributed by atoms with E-state index in [1.54, 1.807) is 36.3 Å². The third-order valence-corrected chi connectivity index (χ3v) is 6.68. The van der Waals surface area contributed by atoms with Gasteiger partial charge in [-0.1, -0.05) is 0 Å². The Kier molecular flexibility index (Phi) is 5.87. The molecular formula is C24H24N5O6-. The average Bonchev–Trinajstić information content (AvgIpc) is 2.85. The van der Waals surface area contributed by atoms with Crippen LogP contribution in [0.15, 0.2) is 58.1 Å². The van der Waals surface area contributed by atoms with Crippen LogP contribution in [0.5, 0.6) is 5.75 Å². The minimum Gasteiger partial charge on any atom is -0.733 e. The first-order valence-corrected chi connectivity index (χ1v) is 11.2. The third-order valence-electron chi connectivity index (χ3n) is 6.68. The number of ether oxygens (including phenoxy) is 1. The number of benzene rings is 1. The van der Waals surface area contributed by atoms with Gasteiger partial charge in [0, 0.05) is 42.9 Å². The Morgan fingerprint density at radius 3 is 2.60 bits per heavy atom. The Bertz CT molecular complexity index is 1380. The molecule has 0 radical (unpaired) electrons. The number of likely N-dealkylation sites (tertiary alicyclic amines) is 1. The quantitative estimate of drug-likeness (QED) is 0.545. The minimum atomic E-state index is -0.541. The maximum absolute atomic E-state index is 13.2. The lowest BCUT2D eigenvalue weighted by Gasteiger charge is -2.43. The molecule has 0 aliphatic carbocycles. The molecule has 1 unspecified atom stereocenters. The standard InChI is InChI=1S/C24H24N5O6/c1-35-18-4-2-16(3-5-18)19-6-9-22(30)28(25-19)14-23(31)26-11-15-10-17(13-26)20-7-8-21(29(33)34)24(32)27(20)12-15/h2-9,15,17,33H,10-14H2,1H3/q-1/t15-,17?/m0/s1. The summed E-state index contributed by atoms with van der Waals surface area (Å²) in [5.74, 6) is 0.416. The van der Waals surface area contributed by atoms with Crippen LogP contribution in [0.25, 0.3) is 11.3 Å². The number of rotatable bonds is 5. The maximum Gasteiger partial charge on any atom is 0.275 e. The van der Waals surface area contributed by atoms with Crippen molar-refractivity contribution in [2.45, 2.75) is 25.4 Å². The second-order valence-electron chi connectivity index (χ2n) is 8.87. The number of anilines is 1. The fraction of sp³-hybridized carbons (Fsp3) is 0.333. The maximum atomic E-state index is 13.2. The molecule has 4 heterocycles. The van der Waals surface area contributed by atoms with Crippen LogP contribution in [0.2, 0.25) is 0 Å². The predicted molar refractivity (Wildman–Crippen MR) is 126 cm³/mol. The lowest BCUT2D eigenvalue weighted by molar-refractivity contribution is -0.134. The fourth-order valence-corrected chi connectivity index (χ4v) is 4.99. The summed E-state index contributed by atoms with van der Waals surface area (Å²) >= 11 is 0. The van der Waals surface area contributed by atoms with Crippen molar-refractivity contribution in [1.29, 1.82) is 0 Å². The molecule has 2 aliphatic heterocycles. The van der Waals surface area contributed by atoms with Gasteiger partial charge in [0.05, 0.1) is 12.8 Å². The smallest absolute Gasteiger partial charge is 0.275 e. The van der Waals surface area contributed by atoms with Crippen molar-refractivity contribution in [2.24, 2.45) is 5.92 Å². The van der Waals surface area contributed by atoms with Gasteiger partial charge in [0.2, 0.25) is 5.91 Å². The molecule has 1 amide bonds. The van der Waals surface area contributed by atoms with Gasteiger partial charge in [0.25, 0.3) is 11.1 Å². The Balaban J connectivity index is 1.35. The Hall–Kier alpha value is -3.96. The number of fused-ring (bicyclic) bond motifs is 4. The highest BCUT2D eigenvalue weighted by atomic mass is 16.8. The van der Waals surface area contributed by atoms with E-state index in [1.807, 2.05) is 12.1 Å². The van der Waals surface area contributed by atoms with Gasteiger partial charge in [-0.3, -0.25) is 19.6 Å². The molecule has 11 nitrogen and oxygen atoms in total. The molecule has 1 fully saturated rings. The van der Waals surface area contributed by atoms with Crippen molar-refractivity contribution >= 4 is 11.6 Å². The number of aromatic nitrogens is 3. The molecule has 11 heteroatoms. The molecule has 5 rings (SSSR count). The summed E-state index contributed by atoms with van der Waals surface area (Å²) in [6, 6.07) is 13.2. The van der Waals surface area contributed by atoms with E-state index in [4.69, 9.17) is 4.74 Å². The molecule has 1 N–H and O–H groups in total. The van der Waals surface area contributed by atoms with E-state index in [9.17, 15) is 24.8 Å². The van der Waals surface area contributed by atoms with Crippen LogP contribution in [0.1, 0.15) is 18.0 Å². The van der Waals surface area contributed by atoms with Crippen molar-refractivity contribution in [1.82, 2.24) is 19.2 Å². The molecule has 35 heavy (non-hydrogen) atoms. The zero-order valence-corrected chi connectivity index (χ0v) is 19.0. The van der Waals surface area contributed by atoms with E-state index < -0.39 is 10.8 Å². The lowest BCUT2D eigenvalue weighted by Crippen LogP contribution is -2.50. The SMILES string of the molecule is COc1ccc(-c2ccc(=O)n(CC(=O)N3CC4C[C@@H](C3)Cn3c4ccc(N([O-])O)c3=O)n2)cc1. The predicted octanol–water partition coefficient (Wildman–Crippen LogP) is 1.42. The molecule has 2 bridgehead atoms. The zero-order chi connectivity index (χ0) is 24.7. The highest BCUT2D eigenvalue weighted by Gasteiger charge is 2.36. The molecule has 2 aromatic heterocycles. The number of hydrogen-bond donors (Lipinski definition) is 1. The van der Waals surface area contributed by atoms with Gasteiger partial charge in [0.1, 0.15) is 18.0 Å². The Labute approximate surface area is 199 Å². The summed E-state index contributed by atoms with van der Waals surface area (Å²) < 4.78 is 7.86. The van der Waals surface area contributed by atoms with Crippen LogP contribution >= 0.6 is 0 Å². The number of methoxy groups -OCH3 is 1. The first-order valence-electron chi connectivity index (χ1n) is 11.2. The van der Waals surface area contributed by atoms with Crippen LogP contribution in [-0.4, -0.2) is 50.6 Å². The first kappa shape index (κ1) is 22.8. The molecule has 2 atom stereocenters. The number of hydrogen-bond acceptors (Lipinski definition) is 8. The van der Waals surface area contributed by atoms with E-state index in [1.165, 1.54) is 21.4 Å². The first-order chi connectivity index (χ1) is 16.8. The van der Waals surface area contributed by atoms with Gasteiger partial charge in [-0.15, -0.1) is 0 Å². The van der Waals surface area contributed by atoms with E-state index in [0.717, 1.165) is 17.7 Å². The van der Waals surface area contributed by atoms with E-state index in [-0.39, 0.29) is 35.5 Å². The second-order valence-corrected chi connectivity index (χ2v) is 8.87. The van der Waals surface area contributed by atoms with E-state index >= 15 is 0 Å².